The van der Waals surface area contributed by atoms with Gasteiger partial charge in [0.05, 0.1) is 20.6 Å². The number of carbonyl (C=O) groups excluding carboxylic acids is 1. The molecule has 0 aromatic carbocycles. The number of ketones is 1. The van der Waals surface area contributed by atoms with Gasteiger partial charge in [0.25, 0.3) is 0 Å². The van der Waals surface area contributed by atoms with Gasteiger partial charge in [0.1, 0.15) is 6.67 Å². The molecule has 0 unspecified atom stereocenters. The highest BCUT2D eigenvalue weighted by molar-refractivity contribution is 5.88. The van der Waals surface area contributed by atoms with E-state index in [1.807, 2.05) is 0 Å². The number of rotatable bonds is 6. The fourth-order valence-corrected chi connectivity index (χ4v) is 0.875. The highest BCUT2D eigenvalue weighted by Gasteiger charge is 2.11. The monoisotopic (exact) mass is 171 g/mol. The fourth-order valence-electron chi connectivity index (χ4n) is 0.875. The predicted octanol–water partition coefficient (Wildman–Crippen LogP) is 0.514. The van der Waals surface area contributed by atoms with Crippen LogP contribution in [-0.4, -0.2) is 37.6 Å². The molecular weight excluding hydrogens is 152 g/mol. The third-order valence-corrected chi connectivity index (χ3v) is 1.91. The highest BCUT2D eigenvalue weighted by Crippen LogP contribution is 1.99. The van der Waals surface area contributed by atoms with Crippen molar-refractivity contribution in [2.45, 2.75) is 12.8 Å². The lowest BCUT2D eigenvalue weighted by atomic mass is 10.2. The first-order valence-corrected chi connectivity index (χ1v) is 4.19. The second-order valence-corrected chi connectivity index (χ2v) is 3.62. The Labute approximate surface area is 74.4 Å². The molecule has 0 aromatic heterocycles. The molecule has 0 aliphatic carbocycles. The van der Waals surface area contributed by atoms with Crippen LogP contribution >= 0.6 is 0 Å². The van der Waals surface area contributed by atoms with Crippen LogP contribution < -0.4 is 5.73 Å². The molecule has 0 aliphatic heterocycles. The van der Waals surface area contributed by atoms with Crippen molar-refractivity contribution >= 4 is 5.78 Å². The summed E-state index contributed by atoms with van der Waals surface area (Å²) in [4.78, 5) is 10.8. The first kappa shape index (κ1) is 11.3. The number of hydrogen-bond donors (Lipinski definition) is 1. The second-order valence-electron chi connectivity index (χ2n) is 3.62. The molecule has 3 heteroatoms. The first-order chi connectivity index (χ1) is 5.52. The minimum atomic E-state index is 0.118. The Balaban J connectivity index is 3.56. The van der Waals surface area contributed by atoms with Crippen LogP contribution in [-0.2, 0) is 4.79 Å². The average Bonchev–Trinajstić information content (AvgIpc) is 2.04. The van der Waals surface area contributed by atoms with E-state index in [1.54, 1.807) is 0 Å². The Kier molecular flexibility index (Phi) is 4.78. The van der Waals surface area contributed by atoms with E-state index < -0.39 is 0 Å². The number of carbonyl (C=O) groups is 1. The van der Waals surface area contributed by atoms with Crippen molar-refractivity contribution in [2.75, 3.05) is 27.3 Å². The zero-order valence-electron chi connectivity index (χ0n) is 8.05. The van der Waals surface area contributed by atoms with E-state index in [-0.39, 0.29) is 5.78 Å². The number of nitrogens with zero attached hydrogens (tertiary/aromatic N) is 1. The van der Waals surface area contributed by atoms with Gasteiger partial charge in [-0.05, 0) is 6.08 Å². The molecule has 2 N–H and O–H groups in total. The van der Waals surface area contributed by atoms with E-state index in [0.717, 1.165) is 17.4 Å². The van der Waals surface area contributed by atoms with Gasteiger partial charge in [0.15, 0.2) is 5.78 Å². The van der Waals surface area contributed by atoms with E-state index in [2.05, 4.69) is 20.7 Å². The van der Waals surface area contributed by atoms with Crippen LogP contribution in [0.5, 0.6) is 0 Å². The summed E-state index contributed by atoms with van der Waals surface area (Å²) in [6.45, 7) is 4.97. The van der Waals surface area contributed by atoms with Crippen molar-refractivity contribution in [3.05, 3.63) is 12.7 Å². The van der Waals surface area contributed by atoms with Crippen molar-refractivity contribution in [1.29, 1.82) is 0 Å². The van der Waals surface area contributed by atoms with Crippen molar-refractivity contribution in [2.24, 2.45) is 5.73 Å². The minimum absolute atomic E-state index is 0.118. The topological polar surface area (TPSA) is 43.1 Å². The van der Waals surface area contributed by atoms with Crippen LogP contribution in [0.2, 0.25) is 0 Å². The van der Waals surface area contributed by atoms with Gasteiger partial charge in [0.2, 0.25) is 0 Å². The Bertz CT molecular complexity index is 164. The van der Waals surface area contributed by atoms with Gasteiger partial charge >= 0.3 is 0 Å². The number of nitrogens with two attached hydrogens (primary N) is 1. The maximum absolute atomic E-state index is 10.8. The lowest BCUT2D eigenvalue weighted by Crippen LogP contribution is -2.45. The summed E-state index contributed by atoms with van der Waals surface area (Å²) in [6.07, 6.45) is 2.85. The molecule has 0 bridgehead atoms. The zero-order valence-corrected chi connectivity index (χ0v) is 8.05. The Hall–Kier alpha value is -0.670. The van der Waals surface area contributed by atoms with E-state index in [9.17, 15) is 4.79 Å². The van der Waals surface area contributed by atoms with Gasteiger partial charge in [-0.3, -0.25) is 10.5 Å². The summed E-state index contributed by atoms with van der Waals surface area (Å²) in [5.41, 5.74) is 5.52. The third kappa shape index (κ3) is 5.04. The van der Waals surface area contributed by atoms with Crippen molar-refractivity contribution in [3.8, 4) is 0 Å². The van der Waals surface area contributed by atoms with Gasteiger partial charge < -0.3 is 4.48 Å². The molecule has 3 nitrogen and oxygen atoms in total. The normalized spacial score (nSPS) is 11.2. The van der Waals surface area contributed by atoms with E-state index >= 15 is 0 Å². The predicted molar refractivity (Wildman–Crippen MR) is 50.5 cm³/mol. The number of hydrogen-bond acceptors (Lipinski definition) is 2. The van der Waals surface area contributed by atoms with Crippen LogP contribution in [0, 0.1) is 0 Å². The smallest absolute Gasteiger partial charge is 0.155 e. The van der Waals surface area contributed by atoms with Gasteiger partial charge in [-0.25, -0.2) is 0 Å². The van der Waals surface area contributed by atoms with Crippen LogP contribution in [0.3, 0.4) is 0 Å². The molecule has 0 spiro atoms. The third-order valence-electron chi connectivity index (χ3n) is 1.91. The molecule has 0 heterocycles. The van der Waals surface area contributed by atoms with Gasteiger partial charge in [0, 0.05) is 12.8 Å². The maximum atomic E-state index is 10.8. The van der Waals surface area contributed by atoms with Crippen molar-refractivity contribution in [3.63, 3.8) is 0 Å². The summed E-state index contributed by atoms with van der Waals surface area (Å²) in [6, 6.07) is 0. The Morgan fingerprint density at radius 3 is 2.58 bits per heavy atom. The molecule has 0 amide bonds. The number of quaternary nitrogens is 1. The lowest BCUT2D eigenvalue weighted by molar-refractivity contribution is -0.890. The second kappa shape index (κ2) is 5.06. The summed E-state index contributed by atoms with van der Waals surface area (Å²) >= 11 is 0. The van der Waals surface area contributed by atoms with E-state index in [1.165, 1.54) is 6.08 Å². The molecule has 0 rings (SSSR count). The zero-order chi connectivity index (χ0) is 9.61. The molecule has 0 atom stereocenters. The molecular formula is C9H19N2O+. The molecule has 0 radical (unpaired) electrons. The van der Waals surface area contributed by atoms with E-state index in [0.29, 0.717) is 13.1 Å². The van der Waals surface area contributed by atoms with Gasteiger partial charge in [-0.1, -0.05) is 6.58 Å². The van der Waals surface area contributed by atoms with Crippen molar-refractivity contribution in [1.82, 2.24) is 0 Å². The summed E-state index contributed by atoms with van der Waals surface area (Å²) in [5.74, 6) is 0.118. The molecule has 0 saturated heterocycles. The molecule has 0 fully saturated rings. The van der Waals surface area contributed by atoms with Crippen LogP contribution in [0.15, 0.2) is 12.7 Å². The molecule has 0 aliphatic rings. The van der Waals surface area contributed by atoms with Crippen molar-refractivity contribution < 1.29 is 9.28 Å². The highest BCUT2D eigenvalue weighted by atomic mass is 16.1. The van der Waals surface area contributed by atoms with Crippen LogP contribution in [0.25, 0.3) is 0 Å². The maximum Gasteiger partial charge on any atom is 0.155 e. The lowest BCUT2D eigenvalue weighted by Gasteiger charge is -2.27. The van der Waals surface area contributed by atoms with Gasteiger partial charge in [-0.15, -0.1) is 0 Å². The molecule has 0 aromatic rings. The molecule has 0 saturated carbocycles. The average molecular weight is 171 g/mol. The van der Waals surface area contributed by atoms with E-state index in [4.69, 9.17) is 5.73 Å². The van der Waals surface area contributed by atoms with Crippen LogP contribution in [0.1, 0.15) is 12.8 Å². The van der Waals surface area contributed by atoms with Crippen LogP contribution in [0.4, 0.5) is 0 Å². The Morgan fingerprint density at radius 1 is 1.58 bits per heavy atom. The largest absolute Gasteiger partial charge is 0.316 e. The number of allylic oxidation sites excluding steroid dienone is 1. The standard InChI is InChI=1S/C9H19N2O/c1-4-9(12)6-5-7-11(2,3)8-10/h4H,1,5-8,10H2,2-3H3/q+1. The fraction of sp³-hybridized carbons (Fsp3) is 0.667. The molecule has 12 heavy (non-hydrogen) atoms. The van der Waals surface area contributed by atoms with Gasteiger partial charge in [-0.2, -0.15) is 0 Å². The molecule has 70 valence electrons. The summed E-state index contributed by atoms with van der Waals surface area (Å²) in [7, 11) is 4.11. The quantitative estimate of drug-likeness (QED) is 0.359. The Morgan fingerprint density at radius 2 is 2.17 bits per heavy atom. The minimum Gasteiger partial charge on any atom is -0.316 e. The summed E-state index contributed by atoms with van der Waals surface area (Å²) in [5, 5.41) is 0. The SMILES string of the molecule is C=CC(=O)CCC[N+](C)(C)CN. The first-order valence-electron chi connectivity index (χ1n) is 4.19. The summed E-state index contributed by atoms with van der Waals surface area (Å²) < 4.78 is 0.768.